The number of phenols is 1. The van der Waals surface area contributed by atoms with Gasteiger partial charge in [0.2, 0.25) is 0 Å². The first-order valence-electron chi connectivity index (χ1n) is 10.2. The van der Waals surface area contributed by atoms with E-state index < -0.39 is 6.10 Å². The summed E-state index contributed by atoms with van der Waals surface area (Å²) in [5, 5.41) is 27.0. The molecule has 9 heteroatoms. The number of phenolic OH excluding ortho intramolecular Hbond substituents is 1. The topological polar surface area (TPSA) is 97.4 Å². The first-order valence-corrected chi connectivity index (χ1v) is 12.2. The van der Waals surface area contributed by atoms with Gasteiger partial charge in [-0.2, -0.15) is 11.8 Å². The van der Waals surface area contributed by atoms with Gasteiger partial charge in [-0.1, -0.05) is 47.7 Å². The third-order valence-corrected chi connectivity index (χ3v) is 6.78. The van der Waals surface area contributed by atoms with Crippen molar-refractivity contribution in [2.45, 2.75) is 18.9 Å². The number of fused-ring (bicyclic) bond motifs is 1. The second-order valence-electron chi connectivity index (χ2n) is 7.06. The number of thiazole rings is 1. The summed E-state index contributed by atoms with van der Waals surface area (Å²) in [6.45, 7) is 3.26. The Morgan fingerprint density at radius 2 is 1.84 bits per heavy atom. The van der Waals surface area contributed by atoms with E-state index >= 15 is 0 Å². The van der Waals surface area contributed by atoms with Crippen molar-refractivity contribution in [1.29, 1.82) is 0 Å². The molecular weight excluding hydrogens is 454 g/mol. The van der Waals surface area contributed by atoms with E-state index in [1.54, 1.807) is 6.07 Å². The third-order valence-electron chi connectivity index (χ3n) is 4.78. The van der Waals surface area contributed by atoms with Gasteiger partial charge in [-0.05, 0) is 43.3 Å². The summed E-state index contributed by atoms with van der Waals surface area (Å²) in [6, 6.07) is 13.7. The number of hydrogen-bond donors (Lipinski definition) is 5. The van der Waals surface area contributed by atoms with Crippen LogP contribution in [0.15, 0.2) is 47.3 Å². The lowest BCUT2D eigenvalue weighted by Gasteiger charge is -2.13. The molecule has 0 unspecified atom stereocenters. The molecule has 0 aliphatic heterocycles. The zero-order chi connectivity index (χ0) is 21.2. The number of H-pyrrole nitrogens is 1. The smallest absolute Gasteiger partial charge is 0.305 e. The highest BCUT2D eigenvalue weighted by Gasteiger charge is 2.15. The number of hydrogen-bond acceptors (Lipinski definition) is 7. The van der Waals surface area contributed by atoms with Crippen molar-refractivity contribution in [3.8, 4) is 5.75 Å². The van der Waals surface area contributed by atoms with E-state index in [9.17, 15) is 15.0 Å². The number of halogens is 1. The van der Waals surface area contributed by atoms with Crippen molar-refractivity contribution in [3.05, 3.63) is 63.3 Å². The highest BCUT2D eigenvalue weighted by molar-refractivity contribution is 7.99. The fourth-order valence-electron chi connectivity index (χ4n) is 3.20. The molecule has 5 N–H and O–H groups in total. The normalized spacial score (nSPS) is 12.0. The number of aliphatic hydroxyl groups excluding tert-OH is 1. The summed E-state index contributed by atoms with van der Waals surface area (Å²) >= 11 is 2.91. The molecule has 0 radical (unpaired) electrons. The van der Waals surface area contributed by atoms with Gasteiger partial charge in [0.25, 0.3) is 0 Å². The molecule has 0 aliphatic carbocycles. The van der Waals surface area contributed by atoms with Crippen LogP contribution in [0.4, 0.5) is 0 Å². The van der Waals surface area contributed by atoms with E-state index in [-0.39, 0.29) is 23.0 Å². The minimum Gasteiger partial charge on any atom is -0.506 e. The van der Waals surface area contributed by atoms with E-state index in [1.807, 2.05) is 17.8 Å². The summed E-state index contributed by atoms with van der Waals surface area (Å²) < 4.78 is 0.614. The van der Waals surface area contributed by atoms with Crippen molar-refractivity contribution in [3.63, 3.8) is 0 Å². The first-order chi connectivity index (χ1) is 14.6. The SMILES string of the molecule is Cl.O=c1[nH]c2c(O)ccc([C@@H](O)CNCCSCCCNCCc3ccccc3)c2s1. The quantitative estimate of drug-likeness (QED) is 0.239. The maximum Gasteiger partial charge on any atom is 0.305 e. The van der Waals surface area contributed by atoms with Gasteiger partial charge < -0.3 is 25.8 Å². The Bertz CT molecular complexity index is 966. The molecule has 6 nitrogen and oxygen atoms in total. The summed E-state index contributed by atoms with van der Waals surface area (Å²) in [4.78, 5) is 13.9. The lowest BCUT2D eigenvalue weighted by molar-refractivity contribution is 0.177. The van der Waals surface area contributed by atoms with Crippen LogP contribution in [0.25, 0.3) is 10.2 Å². The zero-order valence-electron chi connectivity index (χ0n) is 17.3. The van der Waals surface area contributed by atoms with Crippen LogP contribution in [0.1, 0.15) is 23.7 Å². The number of aromatic hydroxyl groups is 1. The van der Waals surface area contributed by atoms with E-state index in [4.69, 9.17) is 0 Å². The van der Waals surface area contributed by atoms with Crippen LogP contribution in [-0.4, -0.2) is 52.9 Å². The van der Waals surface area contributed by atoms with Crippen LogP contribution < -0.4 is 15.5 Å². The summed E-state index contributed by atoms with van der Waals surface area (Å²) in [7, 11) is 0. The fourth-order valence-corrected chi connectivity index (χ4v) is 4.96. The lowest BCUT2D eigenvalue weighted by atomic mass is 10.1. The summed E-state index contributed by atoms with van der Waals surface area (Å²) in [6.07, 6.45) is 1.48. The molecule has 1 heterocycles. The van der Waals surface area contributed by atoms with Crippen LogP contribution >= 0.6 is 35.5 Å². The van der Waals surface area contributed by atoms with Crippen LogP contribution in [-0.2, 0) is 6.42 Å². The molecule has 1 aromatic heterocycles. The van der Waals surface area contributed by atoms with Gasteiger partial charge in [-0.25, -0.2) is 0 Å². The maximum absolute atomic E-state index is 11.6. The van der Waals surface area contributed by atoms with Gasteiger partial charge in [0.15, 0.2) is 0 Å². The molecule has 0 saturated heterocycles. The van der Waals surface area contributed by atoms with E-state index in [0.717, 1.165) is 55.3 Å². The van der Waals surface area contributed by atoms with Gasteiger partial charge in [-0.3, -0.25) is 4.79 Å². The van der Waals surface area contributed by atoms with E-state index in [0.29, 0.717) is 22.3 Å². The van der Waals surface area contributed by atoms with Crippen molar-refractivity contribution in [2.24, 2.45) is 0 Å². The minimum atomic E-state index is -0.724. The molecule has 2 aromatic carbocycles. The molecule has 0 fully saturated rings. The number of aliphatic hydroxyl groups is 1. The highest BCUT2D eigenvalue weighted by atomic mass is 35.5. The molecule has 0 aliphatic rings. The van der Waals surface area contributed by atoms with Gasteiger partial charge >= 0.3 is 4.87 Å². The predicted molar refractivity (Wildman–Crippen MR) is 134 cm³/mol. The van der Waals surface area contributed by atoms with Crippen molar-refractivity contribution >= 4 is 45.7 Å². The molecule has 170 valence electrons. The molecule has 0 saturated carbocycles. The Kier molecular flexibility index (Phi) is 11.4. The van der Waals surface area contributed by atoms with Crippen LogP contribution in [0, 0.1) is 0 Å². The van der Waals surface area contributed by atoms with Gasteiger partial charge in [0, 0.05) is 24.4 Å². The Balaban J connectivity index is 0.00000341. The lowest BCUT2D eigenvalue weighted by Crippen LogP contribution is -2.24. The Hall–Kier alpha value is -1.55. The second kappa shape index (κ2) is 13.8. The van der Waals surface area contributed by atoms with E-state index in [1.165, 1.54) is 11.6 Å². The Morgan fingerprint density at radius 3 is 2.65 bits per heavy atom. The molecule has 1 atom stereocenters. The first kappa shape index (κ1) is 25.7. The summed E-state index contributed by atoms with van der Waals surface area (Å²) in [5.74, 6) is 2.12. The minimum absolute atomic E-state index is 0. The van der Waals surface area contributed by atoms with E-state index in [2.05, 4.69) is 39.9 Å². The second-order valence-corrected chi connectivity index (χ2v) is 9.27. The molecule has 3 aromatic rings. The number of thioether (sulfide) groups is 1. The fraction of sp³-hybridized carbons (Fsp3) is 0.409. The molecule has 0 bridgehead atoms. The number of benzene rings is 2. The van der Waals surface area contributed by atoms with Gasteiger partial charge in [0.05, 0.1) is 10.8 Å². The molecule has 0 amide bonds. The molecule has 31 heavy (non-hydrogen) atoms. The number of rotatable bonds is 13. The Labute approximate surface area is 196 Å². The third kappa shape index (κ3) is 8.14. The van der Waals surface area contributed by atoms with Gasteiger partial charge in [0.1, 0.15) is 11.3 Å². The number of nitrogens with one attached hydrogen (secondary N) is 3. The highest BCUT2D eigenvalue weighted by Crippen LogP contribution is 2.31. The zero-order valence-corrected chi connectivity index (χ0v) is 19.8. The van der Waals surface area contributed by atoms with Crippen molar-refractivity contribution in [1.82, 2.24) is 15.6 Å². The summed E-state index contributed by atoms with van der Waals surface area (Å²) in [5.41, 5.74) is 2.42. The molecule has 0 spiro atoms. The standard InChI is InChI=1S/C22H29N3O3S2.ClH/c26-18-8-7-17(21-20(18)25-22(28)30-21)19(27)15-24-12-14-29-13-4-10-23-11-9-16-5-2-1-3-6-16;/h1-3,5-8,19,23-24,26-27H,4,9-15H2,(H,25,28);1H/t19-;/m0./s1. The van der Waals surface area contributed by atoms with Gasteiger partial charge in [-0.15, -0.1) is 12.4 Å². The molecule has 3 rings (SSSR count). The molecular formula is C22H30ClN3O3S2. The Morgan fingerprint density at radius 1 is 1.03 bits per heavy atom. The van der Waals surface area contributed by atoms with Crippen LogP contribution in [0.3, 0.4) is 0 Å². The number of aromatic amines is 1. The average Bonchev–Trinajstić information content (AvgIpc) is 3.15. The van der Waals surface area contributed by atoms with Crippen molar-refractivity contribution < 1.29 is 10.2 Å². The average molecular weight is 484 g/mol. The predicted octanol–water partition coefficient (Wildman–Crippen LogP) is 3.30. The number of aromatic nitrogens is 1. The van der Waals surface area contributed by atoms with Crippen LogP contribution in [0.2, 0.25) is 0 Å². The maximum atomic E-state index is 11.6. The van der Waals surface area contributed by atoms with Crippen LogP contribution in [0.5, 0.6) is 5.75 Å². The monoisotopic (exact) mass is 483 g/mol. The van der Waals surface area contributed by atoms with Crippen molar-refractivity contribution in [2.75, 3.05) is 37.7 Å². The largest absolute Gasteiger partial charge is 0.506 e.